The summed E-state index contributed by atoms with van der Waals surface area (Å²) in [6.07, 6.45) is 3.87. The first kappa shape index (κ1) is 36.4. The van der Waals surface area contributed by atoms with Crippen LogP contribution in [-0.2, 0) is 24.6 Å². The predicted octanol–water partition coefficient (Wildman–Crippen LogP) is 8.42. The second-order valence-corrected chi connectivity index (χ2v) is 15.9. The Hall–Kier alpha value is -6.19. The molecule has 9 heteroatoms. The number of carbonyl (C=O) groups excluding carboxylic acids is 5. The van der Waals surface area contributed by atoms with Crippen molar-refractivity contribution < 1.29 is 33.8 Å². The zero-order chi connectivity index (χ0) is 39.6. The van der Waals surface area contributed by atoms with Crippen molar-refractivity contribution in [3.8, 4) is 11.5 Å². The van der Waals surface area contributed by atoms with Crippen molar-refractivity contribution in [2.45, 2.75) is 24.2 Å². The fourth-order valence-electron chi connectivity index (χ4n) is 9.94. The molecule has 5 aromatic carbocycles. The fourth-order valence-corrected chi connectivity index (χ4v) is 10.4. The van der Waals surface area contributed by atoms with Crippen LogP contribution in [0, 0.1) is 23.7 Å². The number of anilines is 1. The number of imide groups is 1. The van der Waals surface area contributed by atoms with Gasteiger partial charge in [-0.3, -0.25) is 28.9 Å². The van der Waals surface area contributed by atoms with Gasteiger partial charge >= 0.3 is 0 Å². The number of amides is 2. The van der Waals surface area contributed by atoms with E-state index in [1.165, 1.54) is 18.1 Å². The van der Waals surface area contributed by atoms with Crippen LogP contribution in [-0.4, -0.2) is 41.4 Å². The van der Waals surface area contributed by atoms with Crippen LogP contribution >= 0.6 is 15.9 Å². The molecule has 0 spiro atoms. The van der Waals surface area contributed by atoms with Gasteiger partial charge < -0.3 is 9.84 Å². The quantitative estimate of drug-likeness (QED) is 0.0996. The normalized spacial score (nSPS) is 25.2. The van der Waals surface area contributed by atoms with E-state index in [-0.39, 0.29) is 53.5 Å². The summed E-state index contributed by atoms with van der Waals surface area (Å²) in [6, 6.07) is 37.3. The van der Waals surface area contributed by atoms with Gasteiger partial charge in [-0.05, 0) is 93.9 Å². The van der Waals surface area contributed by atoms with Gasteiger partial charge in [0.05, 0.1) is 34.5 Å². The number of phenols is 1. The van der Waals surface area contributed by atoms with Crippen LogP contribution in [0.2, 0.25) is 0 Å². The number of hydrogen-bond acceptors (Lipinski definition) is 7. The molecule has 9 rings (SSSR count). The molecule has 282 valence electrons. The Morgan fingerprint density at radius 1 is 0.789 bits per heavy atom. The molecule has 5 aromatic rings. The number of rotatable bonds is 7. The Morgan fingerprint density at radius 3 is 2.09 bits per heavy atom. The molecular weight excluding hydrogens is 782 g/mol. The lowest BCUT2D eigenvalue weighted by molar-refractivity contribution is -0.135. The van der Waals surface area contributed by atoms with Crippen LogP contribution in [0.3, 0.4) is 0 Å². The van der Waals surface area contributed by atoms with Gasteiger partial charge in [-0.1, -0.05) is 103 Å². The van der Waals surface area contributed by atoms with E-state index in [1.54, 1.807) is 60.7 Å². The van der Waals surface area contributed by atoms with Gasteiger partial charge in [0, 0.05) is 28.5 Å². The lowest BCUT2D eigenvalue weighted by atomic mass is 9.44. The number of halogens is 1. The number of carbonyl (C=O) groups is 5. The highest BCUT2D eigenvalue weighted by Crippen LogP contribution is 2.64. The second kappa shape index (κ2) is 14.1. The van der Waals surface area contributed by atoms with E-state index in [1.807, 2.05) is 72.8 Å². The van der Waals surface area contributed by atoms with Crippen LogP contribution in [0.4, 0.5) is 5.69 Å². The van der Waals surface area contributed by atoms with E-state index < -0.39 is 35.0 Å². The largest absolute Gasteiger partial charge is 0.503 e. The first-order valence-corrected chi connectivity index (χ1v) is 19.7. The third-order valence-corrected chi connectivity index (χ3v) is 13.0. The molecule has 57 heavy (non-hydrogen) atoms. The van der Waals surface area contributed by atoms with Gasteiger partial charge in [-0.2, -0.15) is 0 Å². The van der Waals surface area contributed by atoms with Crippen LogP contribution in [0.15, 0.2) is 150 Å². The molecule has 0 bridgehead atoms. The monoisotopic (exact) mass is 817 g/mol. The zero-order valence-corrected chi connectivity index (χ0v) is 32.4. The van der Waals surface area contributed by atoms with Crippen molar-refractivity contribution in [1.82, 2.24) is 0 Å². The molecule has 0 aromatic heterocycles. The molecule has 0 radical (unpaired) electrons. The maximum atomic E-state index is 15.3. The minimum atomic E-state index is -1.43. The van der Waals surface area contributed by atoms with Gasteiger partial charge in [0.2, 0.25) is 11.8 Å². The summed E-state index contributed by atoms with van der Waals surface area (Å²) in [4.78, 5) is 74.0. The third kappa shape index (κ3) is 5.58. The molecule has 1 heterocycles. The number of benzene rings is 5. The van der Waals surface area contributed by atoms with E-state index in [9.17, 15) is 19.5 Å². The number of aromatic hydroxyl groups is 1. The van der Waals surface area contributed by atoms with Crippen LogP contribution in [0.1, 0.15) is 51.4 Å². The zero-order valence-electron chi connectivity index (χ0n) is 30.8. The molecule has 2 amide bonds. The van der Waals surface area contributed by atoms with E-state index in [0.717, 1.165) is 5.57 Å². The number of fused-ring (bicyclic) bond motifs is 4. The Balaban J connectivity index is 1.19. The summed E-state index contributed by atoms with van der Waals surface area (Å²) in [7, 11) is 1.45. The van der Waals surface area contributed by atoms with Crippen molar-refractivity contribution in [3.63, 3.8) is 0 Å². The number of nitrogens with zero attached hydrogens (tertiary/aromatic N) is 1. The highest BCUT2D eigenvalue weighted by atomic mass is 79.9. The summed E-state index contributed by atoms with van der Waals surface area (Å²) in [6.45, 7) is 0. The van der Waals surface area contributed by atoms with Gasteiger partial charge in [-0.15, -0.1) is 0 Å². The standard InChI is InChI=1S/C48H36BrNO7/c1-57-39-24-30(23-38(49)45(39)54)42-33-21-22-34-41(47(56)50(46(34)55)32-19-17-29(18-20-32)43(52)28-13-7-3-8-14-28)36(33)25-37-44(53)35(27-11-5-2-6-12-27)26-40(51)48(37,42)31-15-9-4-10-16-31/h2-21,23-24,26,34,36-37,41-42,54H,22,25H2,1H3/t34-,36+,37-,41-,42-,48-/m0/s1. The SMILES string of the molecule is COc1cc([C@H]2C3=CC[C@@H]4C(=O)N(c5ccc(C(=O)c6ccccc6)cc5)C(=O)[C@@H]4[C@@H]3C[C@H]3C(=O)C(c4ccccc4)=CC(=O)[C@@]23c2ccccc2)cc(Br)c1O. The molecule has 8 nitrogen and oxygen atoms in total. The van der Waals surface area contributed by atoms with E-state index in [4.69, 9.17) is 4.74 Å². The van der Waals surface area contributed by atoms with Crippen molar-refractivity contribution in [3.05, 3.63) is 177 Å². The molecular formula is C48H36BrNO7. The minimum Gasteiger partial charge on any atom is -0.503 e. The van der Waals surface area contributed by atoms with Crippen LogP contribution in [0.25, 0.3) is 5.57 Å². The summed E-state index contributed by atoms with van der Waals surface area (Å²) >= 11 is 3.51. The van der Waals surface area contributed by atoms with E-state index in [0.29, 0.717) is 43.6 Å². The number of allylic oxidation sites excluding steroid dienone is 4. The number of methoxy groups -OCH3 is 1. The molecule has 1 saturated heterocycles. The van der Waals surface area contributed by atoms with Crippen molar-refractivity contribution >= 4 is 56.4 Å². The first-order valence-electron chi connectivity index (χ1n) is 18.9. The molecule has 1 aliphatic heterocycles. The predicted molar refractivity (Wildman–Crippen MR) is 218 cm³/mol. The highest BCUT2D eigenvalue weighted by molar-refractivity contribution is 9.10. The molecule has 1 N–H and O–H groups in total. The van der Waals surface area contributed by atoms with Crippen molar-refractivity contribution in [2.24, 2.45) is 23.7 Å². The molecule has 6 atom stereocenters. The lowest BCUT2D eigenvalue weighted by Crippen LogP contribution is -2.58. The number of hydrogen-bond donors (Lipinski definition) is 1. The Kier molecular flexibility index (Phi) is 9.00. The molecule has 3 aliphatic carbocycles. The highest BCUT2D eigenvalue weighted by Gasteiger charge is 2.66. The summed E-state index contributed by atoms with van der Waals surface area (Å²) in [5, 5.41) is 10.9. The van der Waals surface area contributed by atoms with Gasteiger partial charge in [-0.25, -0.2) is 0 Å². The topological polar surface area (TPSA) is 118 Å². The summed E-state index contributed by atoms with van der Waals surface area (Å²) in [5.41, 5.74) is 2.88. The Bertz CT molecular complexity index is 2550. The van der Waals surface area contributed by atoms with E-state index in [2.05, 4.69) is 15.9 Å². The Morgan fingerprint density at radius 2 is 1.42 bits per heavy atom. The number of Topliss-reactive ketones (excluding diaryl/α,β-unsaturated/α-hetero) is 1. The fraction of sp³-hybridized carbons (Fsp3) is 0.188. The second-order valence-electron chi connectivity index (χ2n) is 15.1. The molecule has 1 saturated carbocycles. The maximum absolute atomic E-state index is 15.3. The smallest absolute Gasteiger partial charge is 0.238 e. The Labute approximate surface area is 337 Å². The third-order valence-electron chi connectivity index (χ3n) is 12.4. The lowest BCUT2D eigenvalue weighted by Gasteiger charge is -2.55. The minimum absolute atomic E-state index is 0.113. The van der Waals surface area contributed by atoms with Gasteiger partial charge in [0.1, 0.15) is 0 Å². The van der Waals surface area contributed by atoms with Crippen LogP contribution < -0.4 is 9.64 Å². The maximum Gasteiger partial charge on any atom is 0.238 e. The number of ketones is 3. The van der Waals surface area contributed by atoms with Crippen molar-refractivity contribution in [1.29, 1.82) is 0 Å². The average molecular weight is 819 g/mol. The van der Waals surface area contributed by atoms with Crippen LogP contribution in [0.5, 0.6) is 11.5 Å². The molecule has 2 fully saturated rings. The molecule has 0 unspecified atom stereocenters. The van der Waals surface area contributed by atoms with Gasteiger partial charge in [0.25, 0.3) is 0 Å². The number of phenolic OH excluding ortho intramolecular Hbond substituents is 1. The van der Waals surface area contributed by atoms with Crippen molar-refractivity contribution in [2.75, 3.05) is 12.0 Å². The summed E-state index contributed by atoms with van der Waals surface area (Å²) < 4.78 is 5.96. The first-order chi connectivity index (χ1) is 27.6. The van der Waals surface area contributed by atoms with Gasteiger partial charge in [0.15, 0.2) is 28.8 Å². The van der Waals surface area contributed by atoms with E-state index >= 15 is 9.59 Å². The number of ether oxygens (including phenoxy) is 1. The average Bonchev–Trinajstić information content (AvgIpc) is 3.51. The molecule has 4 aliphatic rings. The summed E-state index contributed by atoms with van der Waals surface area (Å²) in [5.74, 6) is -5.07.